The number of hydrogen-bond acceptors (Lipinski definition) is 3. The Balaban J connectivity index is 0.00000225. The lowest BCUT2D eigenvalue weighted by molar-refractivity contribution is -0.137. The number of carboxylic acid groups (broad SMARTS) is 1. The van der Waals surface area contributed by atoms with Gasteiger partial charge in [-0.3, -0.25) is 4.79 Å². The summed E-state index contributed by atoms with van der Waals surface area (Å²) >= 11 is 0. The van der Waals surface area contributed by atoms with Crippen molar-refractivity contribution < 1.29 is 14.6 Å². The van der Waals surface area contributed by atoms with Crippen LogP contribution in [0.3, 0.4) is 0 Å². The third-order valence-corrected chi connectivity index (χ3v) is 2.21. The first-order valence-electron chi connectivity index (χ1n) is 4.75. The van der Waals surface area contributed by atoms with E-state index in [0.29, 0.717) is 6.42 Å². The molecule has 0 bridgehead atoms. The molecule has 0 amide bonds. The highest BCUT2D eigenvalue weighted by Crippen LogP contribution is 2.19. The van der Waals surface area contributed by atoms with E-state index in [1.54, 1.807) is 7.11 Å². The largest absolute Gasteiger partial charge is 0.497 e. The Kier molecular flexibility index (Phi) is 6.53. The van der Waals surface area contributed by atoms with Crippen LogP contribution in [-0.4, -0.2) is 18.2 Å². The van der Waals surface area contributed by atoms with Crippen LogP contribution in [0.1, 0.15) is 24.4 Å². The topological polar surface area (TPSA) is 72.5 Å². The van der Waals surface area contributed by atoms with Crippen LogP contribution in [0.15, 0.2) is 24.3 Å². The van der Waals surface area contributed by atoms with E-state index in [0.717, 1.165) is 11.3 Å². The molecule has 1 atom stereocenters. The van der Waals surface area contributed by atoms with Gasteiger partial charge >= 0.3 is 5.97 Å². The van der Waals surface area contributed by atoms with Crippen molar-refractivity contribution in [3.8, 4) is 5.75 Å². The molecular formula is C11H16ClNO3. The first kappa shape index (κ1) is 14.7. The molecule has 0 heterocycles. The van der Waals surface area contributed by atoms with Gasteiger partial charge in [-0.2, -0.15) is 0 Å². The van der Waals surface area contributed by atoms with E-state index in [9.17, 15) is 4.79 Å². The summed E-state index contributed by atoms with van der Waals surface area (Å²) < 4.78 is 5.01. The Morgan fingerprint density at radius 3 is 2.44 bits per heavy atom. The Morgan fingerprint density at radius 1 is 1.44 bits per heavy atom. The SMILES string of the molecule is COc1ccc(C(N)CCC(=O)O)cc1.Cl. The van der Waals surface area contributed by atoms with Crippen molar-refractivity contribution in [2.45, 2.75) is 18.9 Å². The van der Waals surface area contributed by atoms with Gasteiger partial charge in [0.05, 0.1) is 7.11 Å². The van der Waals surface area contributed by atoms with Crippen molar-refractivity contribution in [2.75, 3.05) is 7.11 Å². The van der Waals surface area contributed by atoms with E-state index in [1.807, 2.05) is 24.3 Å². The molecule has 1 aromatic carbocycles. The molecule has 1 unspecified atom stereocenters. The maximum atomic E-state index is 10.4. The Morgan fingerprint density at radius 2 is 2.00 bits per heavy atom. The first-order chi connectivity index (χ1) is 7.13. The summed E-state index contributed by atoms with van der Waals surface area (Å²) in [4.78, 5) is 10.4. The molecule has 90 valence electrons. The normalized spacial score (nSPS) is 11.4. The number of carboxylic acids is 1. The predicted octanol–water partition coefficient (Wildman–Crippen LogP) is 1.98. The molecule has 0 aliphatic rings. The molecule has 0 saturated heterocycles. The molecule has 1 rings (SSSR count). The fourth-order valence-corrected chi connectivity index (χ4v) is 1.30. The number of halogens is 1. The lowest BCUT2D eigenvalue weighted by atomic mass is 10.0. The molecule has 1 aromatic rings. The van der Waals surface area contributed by atoms with Gasteiger partial charge in [0.15, 0.2) is 0 Å². The smallest absolute Gasteiger partial charge is 0.303 e. The number of nitrogens with two attached hydrogens (primary N) is 1. The number of carbonyl (C=O) groups is 1. The van der Waals surface area contributed by atoms with Gasteiger partial charge in [0.1, 0.15) is 5.75 Å². The summed E-state index contributed by atoms with van der Waals surface area (Å²) in [6.45, 7) is 0. The van der Waals surface area contributed by atoms with Crippen LogP contribution >= 0.6 is 12.4 Å². The highest BCUT2D eigenvalue weighted by molar-refractivity contribution is 5.85. The minimum Gasteiger partial charge on any atom is -0.497 e. The number of ether oxygens (including phenoxy) is 1. The number of rotatable bonds is 5. The molecule has 4 nitrogen and oxygen atoms in total. The number of aliphatic carboxylic acids is 1. The van der Waals surface area contributed by atoms with Crippen LogP contribution in [0.25, 0.3) is 0 Å². The second kappa shape index (κ2) is 7.09. The minimum atomic E-state index is -0.820. The van der Waals surface area contributed by atoms with Gasteiger partial charge in [-0.1, -0.05) is 12.1 Å². The van der Waals surface area contributed by atoms with E-state index < -0.39 is 5.97 Å². The van der Waals surface area contributed by atoms with Crippen LogP contribution in [0.5, 0.6) is 5.75 Å². The number of benzene rings is 1. The zero-order chi connectivity index (χ0) is 11.3. The molecule has 0 aromatic heterocycles. The molecule has 0 radical (unpaired) electrons. The molecule has 16 heavy (non-hydrogen) atoms. The molecular weight excluding hydrogens is 230 g/mol. The second-order valence-electron chi connectivity index (χ2n) is 3.31. The van der Waals surface area contributed by atoms with Gasteiger partial charge in [-0.05, 0) is 24.1 Å². The molecule has 0 aliphatic heterocycles. The highest BCUT2D eigenvalue weighted by atomic mass is 35.5. The van der Waals surface area contributed by atoms with Crippen molar-refractivity contribution in [3.05, 3.63) is 29.8 Å². The summed E-state index contributed by atoms with van der Waals surface area (Å²) in [7, 11) is 1.60. The van der Waals surface area contributed by atoms with Crippen molar-refractivity contribution in [1.29, 1.82) is 0 Å². The van der Waals surface area contributed by atoms with Crippen LogP contribution in [0.4, 0.5) is 0 Å². The maximum absolute atomic E-state index is 10.4. The molecule has 5 heteroatoms. The van der Waals surface area contributed by atoms with Gasteiger partial charge < -0.3 is 15.6 Å². The second-order valence-corrected chi connectivity index (χ2v) is 3.31. The van der Waals surface area contributed by atoms with E-state index in [1.165, 1.54) is 0 Å². The zero-order valence-electron chi connectivity index (χ0n) is 9.05. The summed E-state index contributed by atoms with van der Waals surface area (Å²) in [5.74, 6) is -0.0526. The number of methoxy groups -OCH3 is 1. The fourth-order valence-electron chi connectivity index (χ4n) is 1.30. The van der Waals surface area contributed by atoms with Crippen LogP contribution in [0, 0.1) is 0 Å². The van der Waals surface area contributed by atoms with Crippen molar-refractivity contribution in [1.82, 2.24) is 0 Å². The third kappa shape index (κ3) is 4.51. The quantitative estimate of drug-likeness (QED) is 0.832. The zero-order valence-corrected chi connectivity index (χ0v) is 9.87. The van der Waals surface area contributed by atoms with Crippen molar-refractivity contribution in [3.63, 3.8) is 0 Å². The molecule has 0 spiro atoms. The fraction of sp³-hybridized carbons (Fsp3) is 0.364. The van der Waals surface area contributed by atoms with E-state index in [-0.39, 0.29) is 24.9 Å². The average molecular weight is 246 g/mol. The lowest BCUT2D eigenvalue weighted by Gasteiger charge is -2.10. The molecule has 0 fully saturated rings. The molecule has 0 saturated carbocycles. The van der Waals surface area contributed by atoms with E-state index >= 15 is 0 Å². The summed E-state index contributed by atoms with van der Waals surface area (Å²) in [5, 5.41) is 8.52. The van der Waals surface area contributed by atoms with Gasteiger partial charge in [-0.25, -0.2) is 0 Å². The summed E-state index contributed by atoms with van der Waals surface area (Å²) in [6, 6.07) is 7.11. The van der Waals surface area contributed by atoms with Crippen LogP contribution < -0.4 is 10.5 Å². The predicted molar refractivity (Wildman–Crippen MR) is 64.0 cm³/mol. The Hall–Kier alpha value is -1.26. The van der Waals surface area contributed by atoms with Crippen LogP contribution in [-0.2, 0) is 4.79 Å². The number of hydrogen-bond donors (Lipinski definition) is 2. The average Bonchev–Trinajstić information content (AvgIpc) is 2.26. The van der Waals surface area contributed by atoms with Gasteiger partial charge in [-0.15, -0.1) is 12.4 Å². The van der Waals surface area contributed by atoms with Crippen molar-refractivity contribution in [2.24, 2.45) is 5.73 Å². The van der Waals surface area contributed by atoms with Gasteiger partial charge in [0.2, 0.25) is 0 Å². The standard InChI is InChI=1S/C11H15NO3.ClH/c1-15-9-4-2-8(3-5-9)10(12)6-7-11(13)14;/h2-5,10H,6-7,12H2,1H3,(H,13,14);1H. The Bertz CT molecular complexity index is 327. The van der Waals surface area contributed by atoms with E-state index in [2.05, 4.69) is 0 Å². The Labute approximate surface area is 101 Å². The summed E-state index contributed by atoms with van der Waals surface area (Å²) in [6.07, 6.45) is 0.537. The monoisotopic (exact) mass is 245 g/mol. The van der Waals surface area contributed by atoms with Gasteiger partial charge in [0, 0.05) is 12.5 Å². The maximum Gasteiger partial charge on any atom is 0.303 e. The summed E-state index contributed by atoms with van der Waals surface area (Å²) in [5.41, 5.74) is 6.76. The first-order valence-corrected chi connectivity index (χ1v) is 4.75. The van der Waals surface area contributed by atoms with E-state index in [4.69, 9.17) is 15.6 Å². The molecule has 0 aliphatic carbocycles. The molecule has 3 N–H and O–H groups in total. The minimum absolute atomic E-state index is 0. The highest BCUT2D eigenvalue weighted by Gasteiger charge is 2.08. The van der Waals surface area contributed by atoms with Gasteiger partial charge in [0.25, 0.3) is 0 Å². The van der Waals surface area contributed by atoms with Crippen molar-refractivity contribution >= 4 is 18.4 Å². The lowest BCUT2D eigenvalue weighted by Crippen LogP contribution is -2.12. The van der Waals surface area contributed by atoms with Crippen LogP contribution in [0.2, 0.25) is 0 Å². The third-order valence-electron chi connectivity index (χ3n) is 2.21.